The molecule has 146 valence electrons. The lowest BCUT2D eigenvalue weighted by Crippen LogP contribution is -2.44. The minimum absolute atomic E-state index is 0.0156. The van der Waals surface area contributed by atoms with E-state index in [1.807, 2.05) is 44.2 Å². The van der Waals surface area contributed by atoms with E-state index in [1.165, 1.54) is 0 Å². The molecule has 1 aromatic carbocycles. The highest BCUT2D eigenvalue weighted by molar-refractivity contribution is 5.85. The summed E-state index contributed by atoms with van der Waals surface area (Å²) in [5.74, 6) is 2.33. The average molecular weight is 380 g/mol. The third-order valence-corrected chi connectivity index (χ3v) is 4.80. The molecule has 28 heavy (non-hydrogen) atoms. The molecule has 1 aliphatic heterocycles. The second-order valence-corrected chi connectivity index (χ2v) is 6.75. The first kappa shape index (κ1) is 18.1. The monoisotopic (exact) mass is 380 g/mol. The van der Waals surface area contributed by atoms with Crippen LogP contribution in [0.25, 0.3) is 5.65 Å². The van der Waals surface area contributed by atoms with Gasteiger partial charge >= 0.3 is 0 Å². The van der Waals surface area contributed by atoms with Crippen LogP contribution < -0.4 is 20.7 Å². The Balaban J connectivity index is 1.65. The van der Waals surface area contributed by atoms with Gasteiger partial charge in [0, 0.05) is 23.9 Å². The lowest BCUT2D eigenvalue weighted by molar-refractivity contribution is -0.123. The van der Waals surface area contributed by atoms with E-state index in [9.17, 15) is 4.79 Å². The molecule has 3 N–H and O–H groups in total. The molecule has 1 aliphatic rings. The maximum Gasteiger partial charge on any atom is 0.242 e. The van der Waals surface area contributed by atoms with E-state index < -0.39 is 0 Å². The summed E-state index contributed by atoms with van der Waals surface area (Å²) in [7, 11) is 0. The Bertz CT molecular complexity index is 982. The van der Waals surface area contributed by atoms with Crippen molar-refractivity contribution in [2.75, 3.05) is 23.8 Å². The van der Waals surface area contributed by atoms with Crippen molar-refractivity contribution in [3.63, 3.8) is 0 Å². The van der Waals surface area contributed by atoms with E-state index in [-0.39, 0.29) is 11.9 Å². The zero-order valence-electron chi connectivity index (χ0n) is 16.0. The van der Waals surface area contributed by atoms with Crippen LogP contribution in [-0.2, 0) is 4.79 Å². The van der Waals surface area contributed by atoms with Crippen LogP contribution in [-0.4, -0.2) is 39.7 Å². The van der Waals surface area contributed by atoms with Gasteiger partial charge in [-0.1, -0.05) is 0 Å². The number of nitrogens with one attached hydrogen (secondary N) is 3. The van der Waals surface area contributed by atoms with Crippen molar-refractivity contribution in [1.82, 2.24) is 19.9 Å². The van der Waals surface area contributed by atoms with Crippen LogP contribution in [0, 0.1) is 6.92 Å². The zero-order valence-corrected chi connectivity index (χ0v) is 16.0. The van der Waals surface area contributed by atoms with Crippen LogP contribution in [0.5, 0.6) is 5.75 Å². The number of ether oxygens (including phenoxy) is 1. The van der Waals surface area contributed by atoms with Crippen molar-refractivity contribution in [3.8, 4) is 5.75 Å². The van der Waals surface area contributed by atoms with E-state index in [0.717, 1.165) is 42.2 Å². The van der Waals surface area contributed by atoms with Gasteiger partial charge in [-0.3, -0.25) is 4.79 Å². The number of hydrogen-bond acceptors (Lipinski definition) is 6. The maximum atomic E-state index is 12.1. The minimum atomic E-state index is -0.274. The molecule has 2 aromatic heterocycles. The molecule has 3 aromatic rings. The van der Waals surface area contributed by atoms with Crippen LogP contribution in [0.2, 0.25) is 0 Å². The van der Waals surface area contributed by atoms with E-state index in [2.05, 4.69) is 26.0 Å². The number of anilines is 3. The summed E-state index contributed by atoms with van der Waals surface area (Å²) in [6.45, 7) is 5.29. The fraction of sp³-hybridized carbons (Fsp3) is 0.350. The number of piperidine rings is 1. The van der Waals surface area contributed by atoms with E-state index >= 15 is 0 Å². The number of fused-ring (bicyclic) bond motifs is 1. The number of hydrogen-bond donors (Lipinski definition) is 3. The van der Waals surface area contributed by atoms with Crippen LogP contribution in [0.4, 0.5) is 17.3 Å². The standard InChI is InChI=1S/C20H24N6O2/c1-3-28-15-8-6-14(7-9-15)23-19-13(2)18(25-17-10-12-22-26(17)19)24-16-5-4-11-21-20(16)27/h6-10,12,16,23H,3-5,11H2,1-2H3,(H,21,27)(H,24,25). The van der Waals surface area contributed by atoms with Crippen molar-refractivity contribution in [3.05, 3.63) is 42.1 Å². The number of amides is 1. The first-order chi connectivity index (χ1) is 13.7. The summed E-state index contributed by atoms with van der Waals surface area (Å²) in [4.78, 5) is 16.8. The summed E-state index contributed by atoms with van der Waals surface area (Å²) < 4.78 is 7.26. The number of benzene rings is 1. The first-order valence-electron chi connectivity index (χ1n) is 9.54. The zero-order chi connectivity index (χ0) is 19.5. The van der Waals surface area contributed by atoms with Crippen molar-refractivity contribution < 1.29 is 9.53 Å². The summed E-state index contributed by atoms with van der Waals surface area (Å²) >= 11 is 0. The normalized spacial score (nSPS) is 16.6. The molecule has 0 spiro atoms. The molecule has 3 heterocycles. The van der Waals surface area contributed by atoms with Crippen molar-refractivity contribution in [2.45, 2.75) is 32.7 Å². The summed E-state index contributed by atoms with van der Waals surface area (Å²) in [5, 5.41) is 14.0. The molecule has 1 atom stereocenters. The number of carbonyl (C=O) groups is 1. The number of aromatic nitrogens is 3. The average Bonchev–Trinajstić information content (AvgIpc) is 3.16. The lowest BCUT2D eigenvalue weighted by atomic mass is 10.1. The van der Waals surface area contributed by atoms with Crippen LogP contribution in [0.3, 0.4) is 0 Å². The molecule has 8 heteroatoms. The Morgan fingerprint density at radius 2 is 2.11 bits per heavy atom. The highest BCUT2D eigenvalue weighted by Crippen LogP contribution is 2.28. The molecule has 4 rings (SSSR count). The van der Waals surface area contributed by atoms with Crippen LogP contribution in [0.15, 0.2) is 36.5 Å². The van der Waals surface area contributed by atoms with Crippen molar-refractivity contribution in [1.29, 1.82) is 0 Å². The summed E-state index contributed by atoms with van der Waals surface area (Å²) in [5.41, 5.74) is 2.51. The largest absolute Gasteiger partial charge is 0.494 e. The summed E-state index contributed by atoms with van der Waals surface area (Å²) in [6, 6.07) is 9.34. The van der Waals surface area contributed by atoms with Gasteiger partial charge < -0.3 is 20.7 Å². The molecular formula is C20H24N6O2. The molecule has 0 radical (unpaired) electrons. The fourth-order valence-electron chi connectivity index (χ4n) is 3.32. The van der Waals surface area contributed by atoms with Gasteiger partial charge in [-0.2, -0.15) is 9.61 Å². The van der Waals surface area contributed by atoms with Gasteiger partial charge in [0.1, 0.15) is 23.4 Å². The third-order valence-electron chi connectivity index (χ3n) is 4.80. The molecule has 1 unspecified atom stereocenters. The highest BCUT2D eigenvalue weighted by atomic mass is 16.5. The van der Waals surface area contributed by atoms with E-state index in [0.29, 0.717) is 18.1 Å². The predicted molar refractivity (Wildman–Crippen MR) is 108 cm³/mol. The lowest BCUT2D eigenvalue weighted by Gasteiger charge is -2.24. The smallest absolute Gasteiger partial charge is 0.242 e. The SMILES string of the molecule is CCOc1ccc(Nc2c(C)c(NC3CCCNC3=O)nc3ccnn23)cc1. The van der Waals surface area contributed by atoms with Gasteiger partial charge in [-0.05, 0) is 51.0 Å². The molecule has 8 nitrogen and oxygen atoms in total. The highest BCUT2D eigenvalue weighted by Gasteiger charge is 2.24. The van der Waals surface area contributed by atoms with Gasteiger partial charge in [0.15, 0.2) is 5.65 Å². The molecular weight excluding hydrogens is 356 g/mol. The Morgan fingerprint density at radius 1 is 1.29 bits per heavy atom. The third kappa shape index (κ3) is 3.58. The topological polar surface area (TPSA) is 92.6 Å². The first-order valence-corrected chi connectivity index (χ1v) is 9.54. The molecule has 0 bridgehead atoms. The Hall–Kier alpha value is -3.29. The van der Waals surface area contributed by atoms with Gasteiger partial charge in [0.05, 0.1) is 12.8 Å². The van der Waals surface area contributed by atoms with Gasteiger partial charge in [-0.25, -0.2) is 4.98 Å². The Kier molecular flexibility index (Phi) is 5.01. The molecule has 1 saturated heterocycles. The summed E-state index contributed by atoms with van der Waals surface area (Å²) in [6.07, 6.45) is 3.45. The number of carbonyl (C=O) groups excluding carboxylic acids is 1. The van der Waals surface area contributed by atoms with E-state index in [4.69, 9.17) is 4.74 Å². The van der Waals surface area contributed by atoms with Gasteiger partial charge in [-0.15, -0.1) is 0 Å². The predicted octanol–water partition coefficient (Wildman–Crippen LogP) is 2.87. The van der Waals surface area contributed by atoms with Crippen LogP contribution >= 0.6 is 0 Å². The van der Waals surface area contributed by atoms with Crippen LogP contribution in [0.1, 0.15) is 25.3 Å². The molecule has 1 amide bonds. The van der Waals surface area contributed by atoms with Crippen molar-refractivity contribution in [2.24, 2.45) is 0 Å². The quantitative estimate of drug-likeness (QED) is 0.609. The van der Waals surface area contributed by atoms with Gasteiger partial charge in [0.25, 0.3) is 0 Å². The maximum absolute atomic E-state index is 12.1. The second-order valence-electron chi connectivity index (χ2n) is 6.75. The molecule has 0 saturated carbocycles. The minimum Gasteiger partial charge on any atom is -0.494 e. The Labute approximate surface area is 163 Å². The van der Waals surface area contributed by atoms with Gasteiger partial charge in [0.2, 0.25) is 5.91 Å². The number of rotatable bonds is 6. The second kappa shape index (κ2) is 7.75. The fourth-order valence-corrected chi connectivity index (χ4v) is 3.32. The molecule has 1 fully saturated rings. The molecule has 0 aliphatic carbocycles. The number of nitrogens with zero attached hydrogens (tertiary/aromatic N) is 3. The Morgan fingerprint density at radius 3 is 2.86 bits per heavy atom. The van der Waals surface area contributed by atoms with Crippen molar-refractivity contribution >= 4 is 28.9 Å². The van der Waals surface area contributed by atoms with E-state index in [1.54, 1.807) is 10.7 Å².